The Morgan fingerprint density at radius 2 is 2.23 bits per heavy atom. The molecule has 13 heavy (non-hydrogen) atoms. The van der Waals surface area contributed by atoms with E-state index in [-0.39, 0.29) is 12.2 Å². The van der Waals surface area contributed by atoms with Gasteiger partial charge in [0.1, 0.15) is 5.38 Å². The van der Waals surface area contributed by atoms with E-state index >= 15 is 0 Å². The highest BCUT2D eigenvalue weighted by atomic mass is 35.5. The van der Waals surface area contributed by atoms with Gasteiger partial charge in [-0.3, -0.25) is 4.79 Å². The van der Waals surface area contributed by atoms with E-state index in [1.54, 1.807) is 0 Å². The first-order valence-corrected chi connectivity index (χ1v) is 4.82. The lowest BCUT2D eigenvalue weighted by molar-refractivity contribution is -0.123. The van der Waals surface area contributed by atoms with Crippen LogP contribution in [0.5, 0.6) is 0 Å². The van der Waals surface area contributed by atoms with Crippen LogP contribution in [0.2, 0.25) is 0 Å². The number of ether oxygens (including phenoxy) is 2. The molecule has 0 aromatic carbocycles. The molecule has 0 bridgehead atoms. The van der Waals surface area contributed by atoms with Crippen molar-refractivity contribution in [2.24, 2.45) is 0 Å². The SMILES string of the molecule is CCC(Cl)C(=O)NCC1OCCO1. The molecule has 1 aliphatic rings. The lowest BCUT2D eigenvalue weighted by Gasteiger charge is -2.11. The fraction of sp³-hybridized carbons (Fsp3) is 0.875. The van der Waals surface area contributed by atoms with Gasteiger partial charge in [0.15, 0.2) is 6.29 Å². The normalized spacial score (nSPS) is 20.2. The summed E-state index contributed by atoms with van der Waals surface area (Å²) in [6.45, 7) is 3.43. The van der Waals surface area contributed by atoms with Crippen LogP contribution in [0.3, 0.4) is 0 Å². The van der Waals surface area contributed by atoms with Gasteiger partial charge in [-0.1, -0.05) is 6.92 Å². The Hall–Kier alpha value is -0.320. The van der Waals surface area contributed by atoms with Crippen molar-refractivity contribution < 1.29 is 14.3 Å². The third-order valence-electron chi connectivity index (χ3n) is 1.78. The number of alkyl halides is 1. The predicted molar refractivity (Wildman–Crippen MR) is 48.6 cm³/mol. The van der Waals surface area contributed by atoms with Crippen molar-refractivity contribution in [1.82, 2.24) is 5.32 Å². The molecule has 1 N–H and O–H groups in total. The van der Waals surface area contributed by atoms with Crippen molar-refractivity contribution in [3.63, 3.8) is 0 Å². The minimum Gasteiger partial charge on any atom is -0.350 e. The zero-order valence-corrected chi connectivity index (χ0v) is 8.34. The van der Waals surface area contributed by atoms with E-state index in [9.17, 15) is 4.79 Å². The van der Waals surface area contributed by atoms with Gasteiger partial charge < -0.3 is 14.8 Å². The minimum absolute atomic E-state index is 0.164. The van der Waals surface area contributed by atoms with Gasteiger partial charge in [-0.25, -0.2) is 0 Å². The Morgan fingerprint density at radius 1 is 1.62 bits per heavy atom. The first-order valence-electron chi connectivity index (χ1n) is 4.39. The summed E-state index contributed by atoms with van der Waals surface area (Å²) in [7, 11) is 0. The van der Waals surface area contributed by atoms with Gasteiger partial charge in [0.25, 0.3) is 0 Å². The molecule has 1 amide bonds. The molecule has 0 aliphatic carbocycles. The highest BCUT2D eigenvalue weighted by Gasteiger charge is 2.18. The molecule has 0 aromatic heterocycles. The van der Waals surface area contributed by atoms with E-state index in [0.29, 0.717) is 26.2 Å². The summed E-state index contributed by atoms with van der Waals surface area (Å²) in [4.78, 5) is 11.2. The van der Waals surface area contributed by atoms with E-state index in [1.807, 2.05) is 6.92 Å². The molecular weight excluding hydrogens is 194 g/mol. The molecule has 1 atom stereocenters. The van der Waals surface area contributed by atoms with Gasteiger partial charge in [0.2, 0.25) is 5.91 Å². The molecule has 0 saturated carbocycles. The average molecular weight is 208 g/mol. The Bertz CT molecular complexity index is 171. The number of hydrogen-bond donors (Lipinski definition) is 1. The van der Waals surface area contributed by atoms with E-state index in [1.165, 1.54) is 0 Å². The summed E-state index contributed by atoms with van der Waals surface area (Å²) in [5, 5.41) is 2.20. The second-order valence-corrected chi connectivity index (χ2v) is 3.32. The molecule has 0 radical (unpaired) electrons. The summed E-state index contributed by atoms with van der Waals surface area (Å²) in [5.41, 5.74) is 0. The summed E-state index contributed by atoms with van der Waals surface area (Å²) < 4.78 is 10.3. The fourth-order valence-corrected chi connectivity index (χ4v) is 1.08. The summed E-state index contributed by atoms with van der Waals surface area (Å²) in [6.07, 6.45) is 0.324. The van der Waals surface area contributed by atoms with Gasteiger partial charge in [-0.15, -0.1) is 11.6 Å². The highest BCUT2D eigenvalue weighted by molar-refractivity contribution is 6.30. The molecule has 5 heteroatoms. The maximum Gasteiger partial charge on any atom is 0.238 e. The van der Waals surface area contributed by atoms with Crippen molar-refractivity contribution in [2.45, 2.75) is 25.0 Å². The Labute approximate surface area is 82.5 Å². The van der Waals surface area contributed by atoms with Crippen LogP contribution >= 0.6 is 11.6 Å². The molecule has 1 unspecified atom stereocenters. The van der Waals surface area contributed by atoms with Crippen LogP contribution < -0.4 is 5.32 Å². The third kappa shape index (κ3) is 3.50. The number of hydrogen-bond acceptors (Lipinski definition) is 3. The average Bonchev–Trinajstić information content (AvgIpc) is 2.65. The van der Waals surface area contributed by atoms with E-state index in [2.05, 4.69) is 5.32 Å². The van der Waals surface area contributed by atoms with Crippen LogP contribution in [0.15, 0.2) is 0 Å². The standard InChI is InChI=1S/C8H14ClNO3/c1-2-6(9)8(11)10-5-7-12-3-4-13-7/h6-7H,2-5H2,1H3,(H,10,11). The first-order chi connectivity index (χ1) is 6.24. The molecule has 4 nitrogen and oxygen atoms in total. The number of rotatable bonds is 4. The van der Waals surface area contributed by atoms with Crippen molar-refractivity contribution in [1.29, 1.82) is 0 Å². The zero-order valence-electron chi connectivity index (χ0n) is 7.59. The molecule has 1 heterocycles. The summed E-state index contributed by atoms with van der Waals surface area (Å²) >= 11 is 5.71. The highest BCUT2D eigenvalue weighted by Crippen LogP contribution is 2.03. The Balaban J connectivity index is 2.13. The minimum atomic E-state index is -0.457. The second-order valence-electron chi connectivity index (χ2n) is 2.79. The Morgan fingerprint density at radius 3 is 2.77 bits per heavy atom. The monoisotopic (exact) mass is 207 g/mol. The van der Waals surface area contributed by atoms with Crippen LogP contribution in [-0.2, 0) is 14.3 Å². The molecule has 0 spiro atoms. The molecule has 1 fully saturated rings. The number of amides is 1. The van der Waals surface area contributed by atoms with Gasteiger partial charge in [0, 0.05) is 0 Å². The van der Waals surface area contributed by atoms with Gasteiger partial charge in [-0.05, 0) is 6.42 Å². The van der Waals surface area contributed by atoms with Crippen LogP contribution in [0, 0.1) is 0 Å². The number of halogens is 1. The van der Waals surface area contributed by atoms with E-state index in [4.69, 9.17) is 21.1 Å². The molecular formula is C8H14ClNO3. The fourth-order valence-electron chi connectivity index (χ4n) is 1.01. The topological polar surface area (TPSA) is 47.6 Å². The van der Waals surface area contributed by atoms with Crippen LogP contribution in [0.25, 0.3) is 0 Å². The summed E-state index contributed by atoms with van der Waals surface area (Å²) in [5.74, 6) is -0.164. The largest absolute Gasteiger partial charge is 0.350 e. The molecule has 76 valence electrons. The zero-order chi connectivity index (χ0) is 9.68. The number of carbonyl (C=O) groups excluding carboxylic acids is 1. The van der Waals surface area contributed by atoms with Gasteiger partial charge in [-0.2, -0.15) is 0 Å². The quantitative estimate of drug-likeness (QED) is 0.683. The summed E-state index contributed by atoms with van der Waals surface area (Å²) in [6, 6.07) is 0. The lowest BCUT2D eigenvalue weighted by Crippen LogP contribution is -2.37. The maximum absolute atomic E-state index is 11.2. The predicted octanol–water partition coefficient (Wildman–Crippen LogP) is 0.493. The van der Waals surface area contributed by atoms with Crippen molar-refractivity contribution in [2.75, 3.05) is 19.8 Å². The third-order valence-corrected chi connectivity index (χ3v) is 2.28. The van der Waals surface area contributed by atoms with Gasteiger partial charge >= 0.3 is 0 Å². The second kappa shape index (κ2) is 5.42. The lowest BCUT2D eigenvalue weighted by atomic mass is 10.3. The smallest absolute Gasteiger partial charge is 0.238 e. The van der Waals surface area contributed by atoms with Crippen LogP contribution in [0.4, 0.5) is 0 Å². The number of nitrogens with one attached hydrogen (secondary N) is 1. The maximum atomic E-state index is 11.2. The molecule has 0 aromatic rings. The molecule has 1 aliphatic heterocycles. The molecule has 1 rings (SSSR count). The van der Waals surface area contributed by atoms with Crippen LogP contribution in [0.1, 0.15) is 13.3 Å². The van der Waals surface area contributed by atoms with E-state index in [0.717, 1.165) is 0 Å². The van der Waals surface area contributed by atoms with Gasteiger partial charge in [0.05, 0.1) is 19.8 Å². The first kappa shape index (κ1) is 10.8. The van der Waals surface area contributed by atoms with Crippen LogP contribution in [-0.4, -0.2) is 37.3 Å². The van der Waals surface area contributed by atoms with E-state index < -0.39 is 5.38 Å². The van der Waals surface area contributed by atoms with Crippen molar-refractivity contribution >= 4 is 17.5 Å². The van der Waals surface area contributed by atoms with Crippen molar-refractivity contribution in [3.05, 3.63) is 0 Å². The number of carbonyl (C=O) groups is 1. The van der Waals surface area contributed by atoms with Crippen molar-refractivity contribution in [3.8, 4) is 0 Å². The molecule has 1 saturated heterocycles. The Kier molecular flexibility index (Phi) is 4.48.